The molecule has 1 heterocycles. The molecule has 1 unspecified atom stereocenters. The van der Waals surface area contributed by atoms with E-state index in [9.17, 15) is 24.0 Å². The van der Waals surface area contributed by atoms with Crippen LogP contribution in [0.5, 0.6) is 0 Å². The number of amides is 1. The largest absolute Gasteiger partial charge is 0.466 e. The maximum atomic E-state index is 13.2. The van der Waals surface area contributed by atoms with E-state index >= 15 is 0 Å². The normalized spacial score (nSPS) is 24.1. The monoisotopic (exact) mass is 525 g/mol. The third kappa shape index (κ3) is 8.23. The van der Waals surface area contributed by atoms with Crippen molar-refractivity contribution in [3.05, 3.63) is 30.3 Å². The van der Waals surface area contributed by atoms with Crippen LogP contribution in [-0.4, -0.2) is 72.8 Å². The molecule has 1 aliphatic rings. The summed E-state index contributed by atoms with van der Waals surface area (Å²) in [4.78, 5) is 59.5. The van der Waals surface area contributed by atoms with Crippen LogP contribution in [-0.2, 0) is 47.7 Å². The van der Waals surface area contributed by atoms with Crippen LogP contribution in [0.2, 0.25) is 0 Å². The van der Waals surface area contributed by atoms with Crippen LogP contribution in [0.1, 0.15) is 40.5 Å². The highest BCUT2D eigenvalue weighted by atomic mass is 32.2. The standard InChI is InChI=1S/C24H31NO10S/c1-14(26)25-21-20(34-17(4)29)13-24(23(30)31-5,36-18-9-7-6-8-10-18)35-22(21)19(33-16(3)28)11-12-32-15(2)27/h6-10,19-22H,11-13H2,1-5H3,(H,25,26)/t19-,20+,21-,22+,24?/m1/s1. The SMILES string of the molecule is COC(=O)C1(Sc2ccccc2)C[C@H](OC(C)=O)[C@@H](NC(C)=O)[C@H]([C@@H](CCOC(C)=O)OC(C)=O)O1. The molecule has 0 aromatic heterocycles. The number of esters is 4. The van der Waals surface area contributed by atoms with Crippen molar-refractivity contribution in [1.82, 2.24) is 5.32 Å². The second-order valence-corrected chi connectivity index (χ2v) is 9.43. The van der Waals surface area contributed by atoms with Crippen LogP contribution in [0.4, 0.5) is 0 Å². The first-order valence-electron chi connectivity index (χ1n) is 11.2. The summed E-state index contributed by atoms with van der Waals surface area (Å²) < 4.78 is 27.4. The molecule has 1 aromatic carbocycles. The molecule has 0 radical (unpaired) electrons. The van der Waals surface area contributed by atoms with Crippen molar-refractivity contribution in [1.29, 1.82) is 0 Å². The van der Waals surface area contributed by atoms with E-state index in [-0.39, 0.29) is 19.4 Å². The fraction of sp³-hybridized carbons (Fsp3) is 0.542. The number of carbonyl (C=O) groups is 5. The zero-order valence-corrected chi connectivity index (χ0v) is 21.6. The zero-order valence-electron chi connectivity index (χ0n) is 20.8. The number of ether oxygens (including phenoxy) is 5. The molecule has 1 saturated heterocycles. The Balaban J connectivity index is 2.60. The van der Waals surface area contributed by atoms with Gasteiger partial charge in [0, 0.05) is 45.4 Å². The summed E-state index contributed by atoms with van der Waals surface area (Å²) in [5.41, 5.74) is 0. The molecule has 5 atom stereocenters. The summed E-state index contributed by atoms with van der Waals surface area (Å²) >= 11 is 1.04. The molecule has 198 valence electrons. The molecule has 1 aliphatic heterocycles. The Kier molecular flexibility index (Phi) is 10.7. The summed E-state index contributed by atoms with van der Waals surface area (Å²) in [5, 5.41) is 2.70. The molecule has 12 heteroatoms. The van der Waals surface area contributed by atoms with Gasteiger partial charge in [-0.1, -0.05) is 30.0 Å². The summed E-state index contributed by atoms with van der Waals surface area (Å²) in [6, 6.07) is 7.88. The average molecular weight is 526 g/mol. The van der Waals surface area contributed by atoms with Gasteiger partial charge in [-0.05, 0) is 12.1 Å². The highest BCUT2D eigenvalue weighted by molar-refractivity contribution is 8.01. The van der Waals surface area contributed by atoms with Gasteiger partial charge < -0.3 is 29.0 Å². The topological polar surface area (TPSA) is 144 Å². The molecule has 1 aromatic rings. The molecule has 0 bridgehead atoms. The van der Waals surface area contributed by atoms with Crippen LogP contribution in [0.15, 0.2) is 35.2 Å². The van der Waals surface area contributed by atoms with Gasteiger partial charge in [-0.2, -0.15) is 0 Å². The Hall–Kier alpha value is -3.12. The Bertz CT molecular complexity index is 955. The fourth-order valence-corrected chi connectivity index (χ4v) is 5.13. The van der Waals surface area contributed by atoms with E-state index in [1.807, 2.05) is 0 Å². The lowest BCUT2D eigenvalue weighted by Gasteiger charge is -2.47. The number of carbonyl (C=O) groups excluding carboxylic acids is 5. The summed E-state index contributed by atoms with van der Waals surface area (Å²) in [6.45, 7) is 4.75. The molecule has 1 N–H and O–H groups in total. The second-order valence-electron chi connectivity index (χ2n) is 8.10. The van der Waals surface area contributed by atoms with Gasteiger partial charge in [-0.3, -0.25) is 19.2 Å². The summed E-state index contributed by atoms with van der Waals surface area (Å²) in [6.07, 6.45) is -3.50. The van der Waals surface area contributed by atoms with Gasteiger partial charge in [-0.25, -0.2) is 4.79 Å². The first-order chi connectivity index (χ1) is 17.0. The number of nitrogens with one attached hydrogen (secondary N) is 1. The maximum Gasteiger partial charge on any atom is 0.349 e. The molecule has 36 heavy (non-hydrogen) atoms. The molecule has 0 spiro atoms. The molecule has 1 fully saturated rings. The van der Waals surface area contributed by atoms with Gasteiger partial charge in [0.1, 0.15) is 18.3 Å². The van der Waals surface area contributed by atoms with E-state index in [4.69, 9.17) is 23.7 Å². The zero-order chi connectivity index (χ0) is 26.9. The Morgan fingerprint density at radius 2 is 1.72 bits per heavy atom. The molecule has 11 nitrogen and oxygen atoms in total. The fourth-order valence-electron chi connectivity index (χ4n) is 3.89. The first-order valence-corrected chi connectivity index (χ1v) is 12.0. The van der Waals surface area contributed by atoms with Gasteiger partial charge in [0.15, 0.2) is 0 Å². The number of hydrogen-bond acceptors (Lipinski definition) is 11. The Labute approximate surface area is 213 Å². The minimum absolute atomic E-state index is 0.0139. The van der Waals surface area contributed by atoms with E-state index in [0.29, 0.717) is 4.90 Å². The minimum Gasteiger partial charge on any atom is -0.466 e. The van der Waals surface area contributed by atoms with E-state index in [2.05, 4.69) is 5.32 Å². The lowest BCUT2D eigenvalue weighted by Crippen LogP contribution is -2.66. The molecular weight excluding hydrogens is 494 g/mol. The second kappa shape index (κ2) is 13.3. The van der Waals surface area contributed by atoms with Crippen LogP contribution < -0.4 is 5.32 Å². The molecule has 1 amide bonds. The van der Waals surface area contributed by atoms with Crippen molar-refractivity contribution in [2.45, 2.75) is 74.7 Å². The van der Waals surface area contributed by atoms with Crippen LogP contribution in [0.3, 0.4) is 0 Å². The van der Waals surface area contributed by atoms with E-state index in [0.717, 1.165) is 11.8 Å². The van der Waals surface area contributed by atoms with Crippen molar-refractivity contribution in [3.8, 4) is 0 Å². The number of benzene rings is 1. The number of methoxy groups -OCH3 is 1. The highest BCUT2D eigenvalue weighted by Crippen LogP contribution is 2.45. The third-order valence-electron chi connectivity index (χ3n) is 5.15. The summed E-state index contributed by atoms with van der Waals surface area (Å²) in [5.74, 6) is -3.08. The van der Waals surface area contributed by atoms with Crippen molar-refractivity contribution >= 4 is 41.5 Å². The number of rotatable bonds is 10. The Morgan fingerprint density at radius 3 is 2.25 bits per heavy atom. The van der Waals surface area contributed by atoms with Crippen LogP contribution in [0, 0.1) is 0 Å². The third-order valence-corrected chi connectivity index (χ3v) is 6.42. The van der Waals surface area contributed by atoms with E-state index < -0.39 is 59.1 Å². The number of thioether (sulfide) groups is 1. The van der Waals surface area contributed by atoms with Gasteiger partial charge in [-0.15, -0.1) is 0 Å². The first kappa shape index (κ1) is 29.1. The smallest absolute Gasteiger partial charge is 0.349 e. The highest BCUT2D eigenvalue weighted by Gasteiger charge is 2.57. The van der Waals surface area contributed by atoms with Gasteiger partial charge in [0.05, 0.1) is 19.8 Å². The van der Waals surface area contributed by atoms with E-state index in [1.165, 1.54) is 34.8 Å². The van der Waals surface area contributed by atoms with Gasteiger partial charge in [0.2, 0.25) is 10.8 Å². The van der Waals surface area contributed by atoms with Crippen LogP contribution in [0.25, 0.3) is 0 Å². The average Bonchev–Trinajstić information content (AvgIpc) is 2.79. The molecule has 2 rings (SSSR count). The lowest BCUT2D eigenvalue weighted by molar-refractivity contribution is -0.210. The van der Waals surface area contributed by atoms with Crippen molar-refractivity contribution < 1.29 is 47.7 Å². The molecule has 0 saturated carbocycles. The predicted octanol–water partition coefficient (Wildman–Crippen LogP) is 1.76. The lowest BCUT2D eigenvalue weighted by atomic mass is 9.90. The Morgan fingerprint density at radius 1 is 1.06 bits per heavy atom. The summed E-state index contributed by atoms with van der Waals surface area (Å²) in [7, 11) is 1.19. The van der Waals surface area contributed by atoms with Gasteiger partial charge in [0.25, 0.3) is 0 Å². The van der Waals surface area contributed by atoms with Crippen molar-refractivity contribution in [2.75, 3.05) is 13.7 Å². The molecular formula is C24H31NO10S. The quantitative estimate of drug-likeness (QED) is 0.352. The predicted molar refractivity (Wildman–Crippen MR) is 126 cm³/mol. The maximum absolute atomic E-state index is 13.2. The van der Waals surface area contributed by atoms with Crippen molar-refractivity contribution in [3.63, 3.8) is 0 Å². The van der Waals surface area contributed by atoms with Crippen LogP contribution >= 0.6 is 11.8 Å². The number of hydrogen-bond donors (Lipinski definition) is 1. The van der Waals surface area contributed by atoms with Gasteiger partial charge >= 0.3 is 23.9 Å². The minimum atomic E-state index is -1.73. The molecule has 0 aliphatic carbocycles. The van der Waals surface area contributed by atoms with E-state index in [1.54, 1.807) is 30.3 Å². The van der Waals surface area contributed by atoms with Crippen molar-refractivity contribution in [2.24, 2.45) is 0 Å².